The quantitative estimate of drug-likeness (QED) is 0.573. The Bertz CT molecular complexity index is 796. The van der Waals surface area contributed by atoms with Gasteiger partial charge in [-0.2, -0.15) is 0 Å². The van der Waals surface area contributed by atoms with Crippen LogP contribution in [0.1, 0.15) is 18.6 Å². The Balaban J connectivity index is 1.89. The van der Waals surface area contributed by atoms with E-state index in [1.807, 2.05) is 13.0 Å². The normalized spacial score (nSPS) is 10.9. The molecule has 2 heterocycles. The number of nitro groups is 1. The monoisotopic (exact) mass is 304 g/mol. The van der Waals surface area contributed by atoms with Crippen LogP contribution in [-0.2, 0) is 13.0 Å². The Hall–Kier alpha value is -2.48. The number of hydrogen-bond donors (Lipinski definition) is 1. The number of anilines is 1. The third-order valence-electron chi connectivity index (χ3n) is 3.04. The fraction of sp³-hybridized carbons (Fsp3) is 0.231. The lowest BCUT2D eigenvalue weighted by atomic mass is 10.2. The molecule has 1 aromatic carbocycles. The van der Waals surface area contributed by atoms with Crippen LogP contribution in [0.4, 0.5) is 11.4 Å². The van der Waals surface area contributed by atoms with Crippen molar-refractivity contribution >= 4 is 32.9 Å². The zero-order chi connectivity index (χ0) is 14.8. The SMILES string of the molecule is CCc1cnc(CNc2ccc3scnc3c2[N+](=O)[O-])o1. The first-order valence-corrected chi connectivity index (χ1v) is 7.25. The maximum atomic E-state index is 11.3. The Kier molecular flexibility index (Phi) is 3.53. The molecule has 0 radical (unpaired) electrons. The second-order valence-corrected chi connectivity index (χ2v) is 5.23. The molecule has 0 bridgehead atoms. The third kappa shape index (κ3) is 2.57. The zero-order valence-corrected chi connectivity index (χ0v) is 12.0. The van der Waals surface area contributed by atoms with Crippen LogP contribution in [0.15, 0.2) is 28.3 Å². The molecular weight excluding hydrogens is 292 g/mol. The number of benzene rings is 1. The maximum absolute atomic E-state index is 11.3. The van der Waals surface area contributed by atoms with E-state index in [1.54, 1.807) is 17.8 Å². The molecule has 0 spiro atoms. The van der Waals surface area contributed by atoms with Gasteiger partial charge in [-0.25, -0.2) is 9.97 Å². The molecule has 0 aliphatic heterocycles. The molecule has 0 fully saturated rings. The summed E-state index contributed by atoms with van der Waals surface area (Å²) in [6.07, 6.45) is 2.42. The number of nitro benzene ring substituents is 1. The molecule has 0 aliphatic carbocycles. The Morgan fingerprint density at radius 1 is 1.43 bits per heavy atom. The number of aryl methyl sites for hydroxylation is 1. The lowest BCUT2D eigenvalue weighted by Gasteiger charge is -2.05. The van der Waals surface area contributed by atoms with Gasteiger partial charge >= 0.3 is 5.69 Å². The van der Waals surface area contributed by atoms with Gasteiger partial charge in [0.05, 0.1) is 27.9 Å². The first kappa shape index (κ1) is 13.5. The topological polar surface area (TPSA) is 94.1 Å². The van der Waals surface area contributed by atoms with E-state index < -0.39 is 4.92 Å². The van der Waals surface area contributed by atoms with Crippen LogP contribution < -0.4 is 5.32 Å². The summed E-state index contributed by atoms with van der Waals surface area (Å²) in [5.74, 6) is 1.29. The summed E-state index contributed by atoms with van der Waals surface area (Å²) >= 11 is 1.37. The average molecular weight is 304 g/mol. The standard InChI is InChI=1S/C13H12N4O3S/c1-2-8-5-15-11(20-8)6-14-9-3-4-10-12(16-7-21-10)13(9)17(18)19/h3-5,7,14H,2,6H2,1H3. The van der Waals surface area contributed by atoms with Gasteiger partial charge in [0, 0.05) is 6.42 Å². The Morgan fingerprint density at radius 3 is 3.00 bits per heavy atom. The predicted octanol–water partition coefficient (Wildman–Crippen LogP) is 3.37. The van der Waals surface area contributed by atoms with Gasteiger partial charge < -0.3 is 9.73 Å². The van der Waals surface area contributed by atoms with E-state index >= 15 is 0 Å². The van der Waals surface area contributed by atoms with Crippen molar-refractivity contribution in [2.45, 2.75) is 19.9 Å². The van der Waals surface area contributed by atoms with E-state index in [9.17, 15) is 10.1 Å². The molecular formula is C13H12N4O3S. The van der Waals surface area contributed by atoms with Crippen molar-refractivity contribution in [3.8, 4) is 0 Å². The van der Waals surface area contributed by atoms with Crippen LogP contribution in [0.5, 0.6) is 0 Å². The van der Waals surface area contributed by atoms with Crippen molar-refractivity contribution in [2.75, 3.05) is 5.32 Å². The highest BCUT2D eigenvalue weighted by Crippen LogP contribution is 2.34. The van der Waals surface area contributed by atoms with Crippen molar-refractivity contribution in [1.29, 1.82) is 0 Å². The van der Waals surface area contributed by atoms with Gasteiger partial charge in [0.15, 0.2) is 5.52 Å². The van der Waals surface area contributed by atoms with E-state index in [1.165, 1.54) is 11.3 Å². The van der Waals surface area contributed by atoms with Crippen molar-refractivity contribution < 1.29 is 9.34 Å². The molecule has 108 valence electrons. The van der Waals surface area contributed by atoms with E-state index in [2.05, 4.69) is 15.3 Å². The van der Waals surface area contributed by atoms with Gasteiger partial charge in [0.1, 0.15) is 11.4 Å². The van der Waals surface area contributed by atoms with Crippen molar-refractivity contribution in [3.63, 3.8) is 0 Å². The number of nitrogens with one attached hydrogen (secondary N) is 1. The summed E-state index contributed by atoms with van der Waals surface area (Å²) in [7, 11) is 0. The Labute approximate surface area is 123 Å². The van der Waals surface area contributed by atoms with Crippen LogP contribution in [0.3, 0.4) is 0 Å². The molecule has 3 aromatic rings. The summed E-state index contributed by atoms with van der Waals surface area (Å²) in [6, 6.07) is 3.50. The van der Waals surface area contributed by atoms with E-state index in [0.717, 1.165) is 16.9 Å². The van der Waals surface area contributed by atoms with Crippen molar-refractivity contribution in [3.05, 3.63) is 45.6 Å². The van der Waals surface area contributed by atoms with E-state index in [0.29, 0.717) is 17.1 Å². The maximum Gasteiger partial charge on any atom is 0.319 e. The lowest BCUT2D eigenvalue weighted by molar-refractivity contribution is -0.382. The highest BCUT2D eigenvalue weighted by atomic mass is 32.1. The molecule has 8 heteroatoms. The van der Waals surface area contributed by atoms with Gasteiger partial charge in [-0.05, 0) is 12.1 Å². The van der Waals surface area contributed by atoms with Gasteiger partial charge in [0.2, 0.25) is 5.89 Å². The first-order chi connectivity index (χ1) is 10.2. The molecule has 0 unspecified atom stereocenters. The molecule has 0 aliphatic rings. The molecule has 0 saturated carbocycles. The molecule has 0 atom stereocenters. The van der Waals surface area contributed by atoms with Gasteiger partial charge in [-0.15, -0.1) is 11.3 Å². The largest absolute Gasteiger partial charge is 0.444 e. The van der Waals surface area contributed by atoms with Gasteiger partial charge in [0.25, 0.3) is 0 Å². The number of rotatable bonds is 5. The highest BCUT2D eigenvalue weighted by Gasteiger charge is 2.20. The average Bonchev–Trinajstić information content (AvgIpc) is 3.12. The molecule has 1 N–H and O–H groups in total. The molecule has 21 heavy (non-hydrogen) atoms. The summed E-state index contributed by atoms with van der Waals surface area (Å²) < 4.78 is 6.26. The first-order valence-electron chi connectivity index (χ1n) is 6.37. The molecule has 2 aromatic heterocycles. The summed E-state index contributed by atoms with van der Waals surface area (Å²) in [5, 5.41) is 14.3. The van der Waals surface area contributed by atoms with Crippen LogP contribution in [0, 0.1) is 10.1 Å². The minimum atomic E-state index is -0.419. The number of aromatic nitrogens is 2. The number of nitrogens with zero attached hydrogens (tertiary/aromatic N) is 3. The van der Waals surface area contributed by atoms with Crippen LogP contribution >= 0.6 is 11.3 Å². The zero-order valence-electron chi connectivity index (χ0n) is 11.2. The predicted molar refractivity (Wildman–Crippen MR) is 79.5 cm³/mol. The molecule has 7 nitrogen and oxygen atoms in total. The summed E-state index contributed by atoms with van der Waals surface area (Å²) in [6.45, 7) is 2.26. The third-order valence-corrected chi connectivity index (χ3v) is 3.83. The van der Waals surface area contributed by atoms with Gasteiger partial charge in [-0.1, -0.05) is 6.92 Å². The number of fused-ring (bicyclic) bond motifs is 1. The fourth-order valence-corrected chi connectivity index (χ4v) is 2.69. The summed E-state index contributed by atoms with van der Waals surface area (Å²) in [5.41, 5.74) is 2.39. The second-order valence-electron chi connectivity index (χ2n) is 4.35. The van der Waals surface area contributed by atoms with E-state index in [-0.39, 0.29) is 12.2 Å². The molecule has 3 rings (SSSR count). The molecule has 0 saturated heterocycles. The van der Waals surface area contributed by atoms with Crippen LogP contribution in [0.25, 0.3) is 10.2 Å². The number of hydrogen-bond acceptors (Lipinski definition) is 7. The number of thiazole rings is 1. The van der Waals surface area contributed by atoms with Crippen LogP contribution in [0.2, 0.25) is 0 Å². The fourth-order valence-electron chi connectivity index (χ4n) is 2.01. The van der Waals surface area contributed by atoms with E-state index in [4.69, 9.17) is 4.42 Å². The molecule has 0 amide bonds. The van der Waals surface area contributed by atoms with Crippen molar-refractivity contribution in [1.82, 2.24) is 9.97 Å². The Morgan fingerprint density at radius 2 is 2.29 bits per heavy atom. The van der Waals surface area contributed by atoms with Crippen molar-refractivity contribution in [2.24, 2.45) is 0 Å². The van der Waals surface area contributed by atoms with Crippen LogP contribution in [-0.4, -0.2) is 14.9 Å². The summed E-state index contributed by atoms with van der Waals surface area (Å²) in [4.78, 5) is 19.1. The minimum absolute atomic E-state index is 0.0176. The highest BCUT2D eigenvalue weighted by molar-refractivity contribution is 7.16. The lowest BCUT2D eigenvalue weighted by Crippen LogP contribution is -2.03. The van der Waals surface area contributed by atoms with Gasteiger partial charge in [-0.3, -0.25) is 10.1 Å². The smallest absolute Gasteiger partial charge is 0.319 e. The number of oxazole rings is 1. The minimum Gasteiger partial charge on any atom is -0.444 e. The second kappa shape index (κ2) is 5.49.